The van der Waals surface area contributed by atoms with Crippen LogP contribution in [0.2, 0.25) is 0 Å². The van der Waals surface area contributed by atoms with Crippen molar-refractivity contribution in [3.05, 3.63) is 29.8 Å². The third kappa shape index (κ3) is 4.29. The quantitative estimate of drug-likeness (QED) is 0.781. The molecule has 132 valence electrons. The maximum absolute atomic E-state index is 12.3. The smallest absolute Gasteiger partial charge is 0.319 e. The van der Waals surface area contributed by atoms with E-state index in [2.05, 4.69) is 31.4 Å². The summed E-state index contributed by atoms with van der Waals surface area (Å²) in [4.78, 5) is 14.1. The average Bonchev–Trinajstić information content (AvgIpc) is 2.50. The van der Waals surface area contributed by atoms with Crippen molar-refractivity contribution >= 4 is 11.7 Å². The Morgan fingerprint density at radius 2 is 1.79 bits per heavy atom. The molecule has 2 saturated heterocycles. The molecule has 2 fully saturated rings. The zero-order chi connectivity index (χ0) is 17.1. The van der Waals surface area contributed by atoms with Crippen LogP contribution in [0.15, 0.2) is 24.3 Å². The number of carbonyl (C=O) groups is 1. The van der Waals surface area contributed by atoms with E-state index in [1.807, 2.05) is 24.3 Å². The Kier molecular flexibility index (Phi) is 5.44. The molecule has 4 heteroatoms. The molecule has 0 aliphatic carbocycles. The molecule has 3 N–H and O–H groups in total. The summed E-state index contributed by atoms with van der Waals surface area (Å²) in [6, 6.07) is 9.67. The van der Waals surface area contributed by atoms with Crippen LogP contribution >= 0.6 is 0 Å². The van der Waals surface area contributed by atoms with Crippen LogP contribution < -0.4 is 15.5 Å². The van der Waals surface area contributed by atoms with E-state index >= 15 is 0 Å². The fourth-order valence-electron chi connectivity index (χ4n) is 4.55. The van der Waals surface area contributed by atoms with Gasteiger partial charge in [-0.15, -0.1) is 0 Å². The van der Waals surface area contributed by atoms with Gasteiger partial charge in [-0.1, -0.05) is 31.5 Å². The number of fused-ring (bicyclic) bond motifs is 2. The van der Waals surface area contributed by atoms with E-state index in [0.717, 1.165) is 36.5 Å². The van der Waals surface area contributed by atoms with Crippen molar-refractivity contribution in [2.24, 2.45) is 5.92 Å². The first kappa shape index (κ1) is 17.3. The van der Waals surface area contributed by atoms with E-state index in [0.29, 0.717) is 6.04 Å². The van der Waals surface area contributed by atoms with E-state index in [1.54, 1.807) is 4.90 Å². The summed E-state index contributed by atoms with van der Waals surface area (Å²) in [5.41, 5.74) is 2.07. The second kappa shape index (κ2) is 7.56. The van der Waals surface area contributed by atoms with Gasteiger partial charge in [0.2, 0.25) is 0 Å². The monoisotopic (exact) mass is 330 g/mol. The fraction of sp³-hybridized carbons (Fsp3) is 0.650. The predicted molar refractivity (Wildman–Crippen MR) is 98.5 cm³/mol. The van der Waals surface area contributed by atoms with E-state index in [4.69, 9.17) is 0 Å². The molecule has 2 aliphatic heterocycles. The van der Waals surface area contributed by atoms with Gasteiger partial charge in [0.15, 0.2) is 0 Å². The number of hydrogen-bond donors (Lipinski definition) is 3. The highest BCUT2D eigenvalue weighted by Gasteiger charge is 2.42. The molecule has 0 saturated carbocycles. The summed E-state index contributed by atoms with van der Waals surface area (Å²) in [6.45, 7) is 7.97. The molecule has 3 rings (SSSR count). The average molecular weight is 330 g/mol. The lowest BCUT2D eigenvalue weighted by molar-refractivity contribution is -0.963. The number of urea groups is 1. The van der Waals surface area contributed by atoms with E-state index in [1.165, 1.54) is 31.4 Å². The molecule has 0 spiro atoms. The minimum atomic E-state index is -0.0609. The van der Waals surface area contributed by atoms with Gasteiger partial charge in [0.05, 0.1) is 18.6 Å². The van der Waals surface area contributed by atoms with Gasteiger partial charge in [-0.2, -0.15) is 0 Å². The van der Waals surface area contributed by atoms with Gasteiger partial charge in [-0.05, 0) is 38.3 Å². The Morgan fingerprint density at radius 3 is 2.38 bits per heavy atom. The standard InChI is InChI=1S/C20H31N3O/c1-14(2)13-23-18-5-4-6-19(23)12-17(11-18)22-20(24)21-16-9-7-15(3)8-10-16/h7-10,14,17-19H,4-6,11-13H2,1-3H3,(H2,21,22,24)/p+1/t18-,19-/m1/s1. The lowest BCUT2D eigenvalue weighted by Crippen LogP contribution is -3.21. The molecule has 2 bridgehead atoms. The van der Waals surface area contributed by atoms with Gasteiger partial charge < -0.3 is 15.5 Å². The second-order valence-electron chi connectivity index (χ2n) is 8.13. The van der Waals surface area contributed by atoms with Crippen LogP contribution in [0.1, 0.15) is 51.5 Å². The molecule has 0 radical (unpaired) electrons. The van der Waals surface area contributed by atoms with Gasteiger partial charge >= 0.3 is 6.03 Å². The number of rotatable bonds is 4. The molecule has 24 heavy (non-hydrogen) atoms. The van der Waals surface area contributed by atoms with Crippen molar-refractivity contribution in [2.45, 2.75) is 71.0 Å². The van der Waals surface area contributed by atoms with Gasteiger partial charge in [0.25, 0.3) is 0 Å². The maximum atomic E-state index is 12.3. The van der Waals surface area contributed by atoms with E-state index in [-0.39, 0.29) is 6.03 Å². The molecule has 1 aromatic rings. The lowest BCUT2D eigenvalue weighted by atomic mass is 9.81. The minimum Gasteiger partial charge on any atom is -0.335 e. The zero-order valence-corrected chi connectivity index (χ0v) is 15.3. The first-order chi connectivity index (χ1) is 11.5. The summed E-state index contributed by atoms with van der Waals surface area (Å²) < 4.78 is 0. The summed E-state index contributed by atoms with van der Waals surface area (Å²) >= 11 is 0. The molecular formula is C20H32N3O+. The van der Waals surface area contributed by atoms with Crippen LogP contribution in [0, 0.1) is 12.8 Å². The SMILES string of the molecule is Cc1ccc(NC(=O)NC2C[C@H]3CCC[C@H](C2)[NH+]3CC(C)C)cc1. The van der Waals surface area contributed by atoms with Gasteiger partial charge in [0.1, 0.15) is 0 Å². The topological polar surface area (TPSA) is 45.6 Å². The normalized spacial score (nSPS) is 29.3. The number of aryl methyl sites for hydroxylation is 1. The largest absolute Gasteiger partial charge is 0.335 e. The molecular weight excluding hydrogens is 298 g/mol. The van der Waals surface area contributed by atoms with Gasteiger partial charge in [0, 0.05) is 30.5 Å². The Labute approximate surface area is 146 Å². The van der Waals surface area contributed by atoms with Crippen molar-refractivity contribution in [2.75, 3.05) is 11.9 Å². The number of nitrogens with one attached hydrogen (secondary N) is 3. The first-order valence-electron chi connectivity index (χ1n) is 9.51. The number of hydrogen-bond acceptors (Lipinski definition) is 1. The fourth-order valence-corrected chi connectivity index (χ4v) is 4.55. The number of benzene rings is 1. The Morgan fingerprint density at radius 1 is 1.17 bits per heavy atom. The van der Waals surface area contributed by atoms with E-state index < -0.39 is 0 Å². The Bertz CT molecular complexity index is 541. The van der Waals surface area contributed by atoms with Gasteiger partial charge in [-0.25, -0.2) is 4.79 Å². The zero-order valence-electron chi connectivity index (χ0n) is 15.3. The van der Waals surface area contributed by atoms with Crippen LogP contribution in [0.4, 0.5) is 10.5 Å². The number of carbonyl (C=O) groups excluding carboxylic acids is 1. The van der Waals surface area contributed by atoms with Crippen molar-refractivity contribution in [3.63, 3.8) is 0 Å². The molecule has 2 aliphatic rings. The summed E-state index contributed by atoms with van der Waals surface area (Å²) in [5.74, 6) is 0.748. The van der Waals surface area contributed by atoms with Crippen molar-refractivity contribution < 1.29 is 9.69 Å². The third-order valence-electron chi connectivity index (χ3n) is 5.58. The van der Waals surface area contributed by atoms with Gasteiger partial charge in [-0.3, -0.25) is 0 Å². The van der Waals surface area contributed by atoms with Crippen LogP contribution in [0.3, 0.4) is 0 Å². The highest BCUT2D eigenvalue weighted by Crippen LogP contribution is 2.22. The minimum absolute atomic E-state index is 0.0609. The summed E-state index contributed by atoms with van der Waals surface area (Å²) in [6.07, 6.45) is 6.24. The molecule has 2 amide bonds. The second-order valence-corrected chi connectivity index (χ2v) is 8.13. The number of amides is 2. The highest BCUT2D eigenvalue weighted by atomic mass is 16.2. The van der Waals surface area contributed by atoms with Crippen molar-refractivity contribution in [1.82, 2.24) is 5.32 Å². The maximum Gasteiger partial charge on any atom is 0.319 e. The van der Waals surface area contributed by atoms with Crippen molar-refractivity contribution in [3.8, 4) is 0 Å². The van der Waals surface area contributed by atoms with Crippen LogP contribution in [-0.2, 0) is 0 Å². The number of piperidine rings is 2. The summed E-state index contributed by atoms with van der Waals surface area (Å²) in [5, 5.41) is 6.19. The molecule has 0 aromatic heterocycles. The molecule has 4 nitrogen and oxygen atoms in total. The summed E-state index contributed by atoms with van der Waals surface area (Å²) in [7, 11) is 0. The number of anilines is 1. The molecule has 2 atom stereocenters. The molecule has 2 heterocycles. The first-order valence-corrected chi connectivity index (χ1v) is 9.51. The van der Waals surface area contributed by atoms with Crippen LogP contribution in [0.5, 0.6) is 0 Å². The van der Waals surface area contributed by atoms with E-state index in [9.17, 15) is 4.79 Å². The lowest BCUT2D eigenvalue weighted by Gasteiger charge is -2.46. The number of quaternary nitrogens is 1. The highest BCUT2D eigenvalue weighted by molar-refractivity contribution is 5.89. The molecule has 0 unspecified atom stereocenters. The molecule has 1 aromatic carbocycles. The van der Waals surface area contributed by atoms with Crippen molar-refractivity contribution in [1.29, 1.82) is 0 Å². The Balaban J connectivity index is 1.55. The third-order valence-corrected chi connectivity index (χ3v) is 5.58. The van der Waals surface area contributed by atoms with Crippen LogP contribution in [-0.4, -0.2) is 30.7 Å². The van der Waals surface area contributed by atoms with Crippen LogP contribution in [0.25, 0.3) is 0 Å². The predicted octanol–water partition coefficient (Wildman–Crippen LogP) is 2.74. The Hall–Kier alpha value is -1.55.